The molecule has 0 spiro atoms. The van der Waals surface area contributed by atoms with E-state index in [9.17, 15) is 9.59 Å². The zero-order valence-electron chi connectivity index (χ0n) is 14.1. The second kappa shape index (κ2) is 6.73. The van der Waals surface area contributed by atoms with E-state index < -0.39 is 0 Å². The van der Waals surface area contributed by atoms with Crippen molar-refractivity contribution >= 4 is 29.4 Å². The topological polar surface area (TPSA) is 52.6 Å². The number of fused-ring (bicyclic) bond motifs is 1. The fraction of sp³-hybridized carbons (Fsp3) is 0.200. The first-order valence-corrected chi connectivity index (χ1v) is 8.30. The summed E-state index contributed by atoms with van der Waals surface area (Å²) in [5, 5.41) is 0.533. The van der Waals surface area contributed by atoms with Crippen molar-refractivity contribution in [3.63, 3.8) is 0 Å². The standard InChI is InChI=1S/C20H17ClO4/c1-11(2)20(23)25-16-9-8-14-18(22)17(24-19(14)12(16)3)10-13-6-4-5-7-15(13)21/h4-11H,1-3H3/b17-10-. The third-order valence-electron chi connectivity index (χ3n) is 3.91. The minimum atomic E-state index is -0.334. The Kier molecular flexibility index (Phi) is 4.64. The third kappa shape index (κ3) is 3.30. The number of allylic oxidation sites excluding steroid dienone is 1. The minimum absolute atomic E-state index is 0.193. The second-order valence-corrected chi connectivity index (χ2v) is 6.51. The molecule has 25 heavy (non-hydrogen) atoms. The van der Waals surface area contributed by atoms with Crippen LogP contribution in [0.5, 0.6) is 11.5 Å². The molecule has 128 valence electrons. The second-order valence-electron chi connectivity index (χ2n) is 6.10. The molecule has 0 fully saturated rings. The van der Waals surface area contributed by atoms with Crippen molar-refractivity contribution in [3.8, 4) is 11.5 Å². The normalized spacial score (nSPS) is 14.6. The number of esters is 1. The smallest absolute Gasteiger partial charge is 0.313 e. The van der Waals surface area contributed by atoms with Gasteiger partial charge in [-0.05, 0) is 36.8 Å². The molecule has 0 unspecified atom stereocenters. The van der Waals surface area contributed by atoms with Crippen LogP contribution in [0.2, 0.25) is 5.02 Å². The van der Waals surface area contributed by atoms with Crippen molar-refractivity contribution < 1.29 is 19.1 Å². The Hall–Kier alpha value is -2.59. The number of carbonyl (C=O) groups excluding carboxylic acids is 2. The van der Waals surface area contributed by atoms with E-state index in [4.69, 9.17) is 21.1 Å². The number of hydrogen-bond donors (Lipinski definition) is 0. The molecule has 2 aromatic rings. The molecular formula is C20H17ClO4. The van der Waals surface area contributed by atoms with E-state index in [2.05, 4.69) is 0 Å². The van der Waals surface area contributed by atoms with Gasteiger partial charge in [0.1, 0.15) is 11.5 Å². The molecule has 0 N–H and O–H groups in total. The first kappa shape index (κ1) is 17.2. The highest BCUT2D eigenvalue weighted by Crippen LogP contribution is 2.39. The molecule has 0 saturated carbocycles. The van der Waals surface area contributed by atoms with Crippen molar-refractivity contribution in [2.24, 2.45) is 5.92 Å². The predicted octanol–water partition coefficient (Wildman–Crippen LogP) is 4.83. The van der Waals surface area contributed by atoms with Gasteiger partial charge in [0.05, 0.1) is 11.5 Å². The number of halogens is 1. The largest absolute Gasteiger partial charge is 0.452 e. The average molecular weight is 357 g/mol. The summed E-state index contributed by atoms with van der Waals surface area (Å²) in [5.41, 5.74) is 1.76. The SMILES string of the molecule is Cc1c(OC(=O)C(C)C)ccc2c1O/C(=C\c1ccccc1Cl)C2=O. The maximum atomic E-state index is 12.6. The summed E-state index contributed by atoms with van der Waals surface area (Å²) in [6, 6.07) is 10.4. The van der Waals surface area contributed by atoms with Crippen LogP contribution in [0.3, 0.4) is 0 Å². The molecule has 1 aliphatic heterocycles. The molecule has 0 atom stereocenters. The lowest BCUT2D eigenvalue weighted by Crippen LogP contribution is -2.15. The van der Waals surface area contributed by atoms with Crippen LogP contribution in [-0.2, 0) is 4.79 Å². The average Bonchev–Trinajstić information content (AvgIpc) is 2.89. The summed E-state index contributed by atoms with van der Waals surface area (Å²) in [4.78, 5) is 24.4. The molecule has 0 bridgehead atoms. The van der Waals surface area contributed by atoms with Gasteiger partial charge in [-0.25, -0.2) is 0 Å². The number of Topliss-reactive ketones (excluding diaryl/α,β-unsaturated/α-hetero) is 1. The molecule has 0 aliphatic carbocycles. The first-order valence-electron chi connectivity index (χ1n) is 7.92. The molecule has 2 aromatic carbocycles. The maximum Gasteiger partial charge on any atom is 0.313 e. The van der Waals surface area contributed by atoms with Crippen LogP contribution in [-0.4, -0.2) is 11.8 Å². The fourth-order valence-electron chi connectivity index (χ4n) is 2.44. The van der Waals surface area contributed by atoms with Crippen LogP contribution in [0.25, 0.3) is 6.08 Å². The number of ether oxygens (including phenoxy) is 2. The molecule has 0 radical (unpaired) electrons. The van der Waals surface area contributed by atoms with Crippen LogP contribution in [0.1, 0.15) is 35.3 Å². The van der Waals surface area contributed by atoms with Crippen LogP contribution in [0, 0.1) is 12.8 Å². The quantitative estimate of drug-likeness (QED) is 0.449. The number of rotatable bonds is 3. The first-order chi connectivity index (χ1) is 11.9. The molecule has 0 saturated heterocycles. The van der Waals surface area contributed by atoms with Crippen LogP contribution < -0.4 is 9.47 Å². The molecule has 5 heteroatoms. The molecule has 4 nitrogen and oxygen atoms in total. The molecule has 3 rings (SSSR count). The van der Waals surface area contributed by atoms with Gasteiger partial charge in [0, 0.05) is 10.6 Å². The monoisotopic (exact) mass is 356 g/mol. The lowest BCUT2D eigenvalue weighted by Gasteiger charge is -2.11. The number of benzene rings is 2. The van der Waals surface area contributed by atoms with Gasteiger partial charge in [-0.15, -0.1) is 0 Å². The van der Waals surface area contributed by atoms with E-state index in [0.29, 0.717) is 33.2 Å². The summed E-state index contributed by atoms with van der Waals surface area (Å²) < 4.78 is 11.1. The Morgan fingerprint density at radius 3 is 2.60 bits per heavy atom. The van der Waals surface area contributed by atoms with Gasteiger partial charge >= 0.3 is 5.97 Å². The van der Waals surface area contributed by atoms with Crippen molar-refractivity contribution in [1.29, 1.82) is 0 Å². The van der Waals surface area contributed by atoms with Gasteiger partial charge in [0.2, 0.25) is 5.78 Å². The zero-order chi connectivity index (χ0) is 18.1. The highest BCUT2D eigenvalue weighted by molar-refractivity contribution is 6.32. The predicted molar refractivity (Wildman–Crippen MR) is 96.0 cm³/mol. The van der Waals surface area contributed by atoms with Gasteiger partial charge in [-0.3, -0.25) is 9.59 Å². The van der Waals surface area contributed by atoms with E-state index in [1.165, 1.54) is 0 Å². The van der Waals surface area contributed by atoms with Gasteiger partial charge in [-0.1, -0.05) is 43.6 Å². The van der Waals surface area contributed by atoms with Crippen molar-refractivity contribution in [1.82, 2.24) is 0 Å². The fourth-order valence-corrected chi connectivity index (χ4v) is 2.63. The van der Waals surface area contributed by atoms with Gasteiger partial charge < -0.3 is 9.47 Å². The van der Waals surface area contributed by atoms with E-state index in [-0.39, 0.29) is 23.4 Å². The van der Waals surface area contributed by atoms with Crippen LogP contribution in [0.15, 0.2) is 42.2 Å². The Bertz CT molecular complexity index is 897. The Balaban J connectivity index is 1.95. The van der Waals surface area contributed by atoms with Crippen molar-refractivity contribution in [2.45, 2.75) is 20.8 Å². The summed E-state index contributed by atoms with van der Waals surface area (Å²) in [6.07, 6.45) is 1.61. The van der Waals surface area contributed by atoms with E-state index >= 15 is 0 Å². The van der Waals surface area contributed by atoms with Crippen LogP contribution in [0.4, 0.5) is 0 Å². The molecule has 1 heterocycles. The summed E-state index contributed by atoms with van der Waals surface area (Å²) in [5.74, 6) is 0.199. The molecule has 0 amide bonds. The van der Waals surface area contributed by atoms with E-state index in [0.717, 1.165) is 0 Å². The van der Waals surface area contributed by atoms with Gasteiger partial charge in [0.15, 0.2) is 5.76 Å². The molecule has 1 aliphatic rings. The summed E-state index contributed by atoms with van der Waals surface area (Å²) in [6.45, 7) is 5.28. The maximum absolute atomic E-state index is 12.6. The summed E-state index contributed by atoms with van der Waals surface area (Å²) >= 11 is 6.14. The van der Waals surface area contributed by atoms with E-state index in [1.54, 1.807) is 51.1 Å². The molecular weight excluding hydrogens is 340 g/mol. The Labute approximate surface area is 151 Å². The summed E-state index contributed by atoms with van der Waals surface area (Å²) in [7, 11) is 0. The van der Waals surface area contributed by atoms with Crippen molar-refractivity contribution in [3.05, 3.63) is 63.9 Å². The third-order valence-corrected chi connectivity index (χ3v) is 4.25. The molecule has 0 aromatic heterocycles. The Morgan fingerprint density at radius 1 is 1.20 bits per heavy atom. The minimum Gasteiger partial charge on any atom is -0.452 e. The highest BCUT2D eigenvalue weighted by Gasteiger charge is 2.30. The Morgan fingerprint density at radius 2 is 1.92 bits per heavy atom. The number of carbonyl (C=O) groups is 2. The van der Waals surface area contributed by atoms with Gasteiger partial charge in [0.25, 0.3) is 0 Å². The highest BCUT2D eigenvalue weighted by atomic mass is 35.5. The van der Waals surface area contributed by atoms with Gasteiger partial charge in [-0.2, -0.15) is 0 Å². The number of hydrogen-bond acceptors (Lipinski definition) is 4. The van der Waals surface area contributed by atoms with E-state index in [1.807, 2.05) is 12.1 Å². The van der Waals surface area contributed by atoms with Crippen LogP contribution >= 0.6 is 11.6 Å². The lowest BCUT2D eigenvalue weighted by molar-refractivity contribution is -0.137. The van der Waals surface area contributed by atoms with Crippen molar-refractivity contribution in [2.75, 3.05) is 0 Å². The number of ketones is 1. The zero-order valence-corrected chi connectivity index (χ0v) is 14.9. The lowest BCUT2D eigenvalue weighted by atomic mass is 10.1.